The molecule has 0 saturated heterocycles. The Labute approximate surface area is 286 Å². The number of benzene rings is 1. The predicted molar refractivity (Wildman–Crippen MR) is 186 cm³/mol. The maximum Gasteiger partial charge on any atom is 0.125 e. The highest BCUT2D eigenvalue weighted by atomic mass is 32.2. The van der Waals surface area contributed by atoms with Crippen LogP contribution in [0.3, 0.4) is 0 Å². The maximum atomic E-state index is 14.1. The van der Waals surface area contributed by atoms with Gasteiger partial charge in [0.1, 0.15) is 10.1 Å². The van der Waals surface area contributed by atoms with Gasteiger partial charge in [-0.2, -0.15) is 0 Å². The molecular weight excluding hydrogens is 597 g/mol. The summed E-state index contributed by atoms with van der Waals surface area (Å²) >= 11 is 0. The minimum atomic E-state index is -4.69. The lowest BCUT2D eigenvalue weighted by Gasteiger charge is -2.70. The van der Waals surface area contributed by atoms with Gasteiger partial charge in [-0.05, 0) is 198 Å². The molecule has 4 heteroatoms. The Balaban J connectivity index is 1.26. The molecule has 1 aromatic carbocycles. The van der Waals surface area contributed by atoms with Gasteiger partial charge in [0.15, 0.2) is 0 Å². The molecule has 47 heavy (non-hydrogen) atoms. The third-order valence-electron chi connectivity index (χ3n) is 17.2. The zero-order chi connectivity index (χ0) is 33.1. The van der Waals surface area contributed by atoms with Gasteiger partial charge in [-0.25, -0.2) is 8.42 Å². The molecule has 1 aromatic rings. The first-order chi connectivity index (χ1) is 21.5. The average molecular weight is 658 g/mol. The summed E-state index contributed by atoms with van der Waals surface area (Å²) in [5.41, 5.74) is 5.15. The van der Waals surface area contributed by atoms with E-state index < -0.39 is 10.1 Å². The van der Waals surface area contributed by atoms with Gasteiger partial charge < -0.3 is 4.55 Å². The third kappa shape index (κ3) is 4.21. The van der Waals surface area contributed by atoms with E-state index in [0.29, 0.717) is 28.1 Å². The molecule has 0 amide bonds. The van der Waals surface area contributed by atoms with E-state index in [0.717, 1.165) is 49.7 Å². The second-order valence-electron chi connectivity index (χ2n) is 23.9. The normalized spacial score (nSPS) is 58.1. The standard InChI is InChI=1S/C43H62O3S/c1-34-10-28-11-35(2,16-34)22-41(14-28,21-34)31-8-30(43-25-38(5)18-39(6,26-43)20-40(7,19-38)27-43)9-32(33(31)47(44,45)46)42-15-29-12-36(3,23-42)17-37(4,13-29)24-42/h8-9,28-29H,10-27H2,1-7H3,(H,44,45,46)/p-1. The summed E-state index contributed by atoms with van der Waals surface area (Å²) in [5.74, 6) is 1.29. The zero-order valence-corrected chi connectivity index (χ0v) is 31.5. The number of hydrogen-bond acceptors (Lipinski definition) is 3. The molecule has 0 spiro atoms. The Kier molecular flexibility index (Phi) is 5.44. The van der Waals surface area contributed by atoms with Gasteiger partial charge in [-0.1, -0.05) is 60.6 Å². The molecule has 12 fully saturated rings. The van der Waals surface area contributed by atoms with Crippen molar-refractivity contribution >= 4 is 10.1 Å². The highest BCUT2D eigenvalue weighted by Gasteiger charge is 2.67. The van der Waals surface area contributed by atoms with Gasteiger partial charge in [0.25, 0.3) is 0 Å². The van der Waals surface area contributed by atoms with E-state index in [4.69, 9.17) is 0 Å². The molecule has 12 saturated carbocycles. The quantitative estimate of drug-likeness (QED) is 0.303. The fraction of sp³-hybridized carbons (Fsp3) is 0.860. The molecule has 258 valence electrons. The summed E-state index contributed by atoms with van der Waals surface area (Å²) in [6.45, 7) is 17.7. The molecule has 0 radical (unpaired) electrons. The first kappa shape index (κ1) is 30.9. The van der Waals surface area contributed by atoms with Crippen LogP contribution in [0.2, 0.25) is 0 Å². The van der Waals surface area contributed by atoms with Crippen LogP contribution in [-0.4, -0.2) is 13.0 Å². The summed E-state index contributed by atoms with van der Waals surface area (Å²) in [6.07, 6.45) is 21.7. The minimum absolute atomic E-state index is 0.0773. The first-order valence-corrected chi connectivity index (χ1v) is 21.1. The average Bonchev–Trinajstić information content (AvgIpc) is 2.80. The van der Waals surface area contributed by atoms with Gasteiger partial charge in [0, 0.05) is 0 Å². The van der Waals surface area contributed by atoms with Crippen LogP contribution in [0.1, 0.15) is 181 Å². The lowest BCUT2D eigenvalue weighted by molar-refractivity contribution is -0.152. The molecule has 13 rings (SSSR count). The lowest BCUT2D eigenvalue weighted by atomic mass is 9.35. The monoisotopic (exact) mass is 657 g/mol. The summed E-state index contributed by atoms with van der Waals surface area (Å²) < 4.78 is 42.4. The summed E-state index contributed by atoms with van der Waals surface area (Å²) in [7, 11) is -4.69. The number of hydrogen-bond donors (Lipinski definition) is 0. The van der Waals surface area contributed by atoms with E-state index in [1.54, 1.807) is 0 Å². The first-order valence-electron chi connectivity index (χ1n) is 19.7. The molecule has 4 unspecified atom stereocenters. The third-order valence-corrected chi connectivity index (χ3v) is 18.1. The largest absolute Gasteiger partial charge is 0.744 e. The van der Waals surface area contributed by atoms with Crippen LogP contribution in [-0.2, 0) is 26.4 Å². The molecule has 12 aliphatic rings. The Bertz CT molecular complexity index is 1570. The van der Waals surface area contributed by atoms with Crippen LogP contribution in [0.5, 0.6) is 0 Å². The van der Waals surface area contributed by atoms with Gasteiger partial charge in [0.05, 0.1) is 4.90 Å². The van der Waals surface area contributed by atoms with Crippen molar-refractivity contribution in [3.63, 3.8) is 0 Å². The molecular formula is C43H61O3S-. The van der Waals surface area contributed by atoms with Crippen molar-refractivity contribution in [3.8, 4) is 0 Å². The van der Waals surface area contributed by atoms with Crippen molar-refractivity contribution < 1.29 is 13.0 Å². The maximum absolute atomic E-state index is 14.1. The van der Waals surface area contributed by atoms with E-state index in [1.165, 1.54) is 82.6 Å². The predicted octanol–water partition coefficient (Wildman–Crippen LogP) is 10.7. The lowest BCUT2D eigenvalue weighted by Crippen LogP contribution is -2.61. The fourth-order valence-electron chi connectivity index (χ4n) is 20.1. The van der Waals surface area contributed by atoms with Crippen LogP contribution < -0.4 is 0 Å². The highest BCUT2D eigenvalue weighted by molar-refractivity contribution is 7.85. The van der Waals surface area contributed by atoms with Crippen LogP contribution in [0.25, 0.3) is 0 Å². The van der Waals surface area contributed by atoms with Crippen molar-refractivity contribution in [2.75, 3.05) is 0 Å². The van der Waals surface area contributed by atoms with E-state index in [-0.39, 0.29) is 42.8 Å². The van der Waals surface area contributed by atoms with E-state index >= 15 is 0 Å². The fourth-order valence-corrected chi connectivity index (χ4v) is 21.2. The Morgan fingerprint density at radius 3 is 1.06 bits per heavy atom. The second-order valence-corrected chi connectivity index (χ2v) is 25.3. The van der Waals surface area contributed by atoms with E-state index in [1.807, 2.05) is 0 Å². The molecule has 3 nitrogen and oxygen atoms in total. The van der Waals surface area contributed by atoms with Crippen molar-refractivity contribution in [1.82, 2.24) is 0 Å². The van der Waals surface area contributed by atoms with E-state index in [2.05, 4.69) is 60.6 Å². The topological polar surface area (TPSA) is 57.2 Å². The summed E-state index contributed by atoms with van der Waals surface area (Å²) in [5, 5.41) is 0. The molecule has 0 N–H and O–H groups in total. The molecule has 12 aliphatic carbocycles. The van der Waals surface area contributed by atoms with E-state index in [9.17, 15) is 13.0 Å². The van der Waals surface area contributed by atoms with Crippen molar-refractivity contribution in [1.29, 1.82) is 0 Å². The van der Waals surface area contributed by atoms with Crippen LogP contribution in [0.4, 0.5) is 0 Å². The summed E-state index contributed by atoms with van der Waals surface area (Å²) in [4.78, 5) is 0.290. The molecule has 12 bridgehead atoms. The van der Waals surface area contributed by atoms with Crippen molar-refractivity contribution in [2.24, 2.45) is 49.7 Å². The van der Waals surface area contributed by atoms with Crippen LogP contribution in [0, 0.1) is 49.7 Å². The molecule has 0 aromatic heterocycles. The summed E-state index contributed by atoms with van der Waals surface area (Å²) in [6, 6.07) is 4.89. The highest BCUT2D eigenvalue weighted by Crippen LogP contribution is 2.76. The second kappa shape index (κ2) is 8.26. The molecule has 0 heterocycles. The van der Waals surface area contributed by atoms with Gasteiger partial charge in [-0.3, -0.25) is 0 Å². The van der Waals surface area contributed by atoms with Crippen molar-refractivity contribution in [3.05, 3.63) is 28.8 Å². The number of rotatable bonds is 4. The van der Waals surface area contributed by atoms with Crippen LogP contribution in [0.15, 0.2) is 17.0 Å². The Hall–Kier alpha value is -0.870. The van der Waals surface area contributed by atoms with Crippen molar-refractivity contribution in [2.45, 2.75) is 185 Å². The SMILES string of the molecule is CC12CC3(C)CC(C)(C1)CC(c1cc(C45CC6CC(C)(CC(C)(C6)C4)C5)c(S(=O)(=O)[O-])c(C45CC6CC(C)(CC(C)(C6)C4)C5)c1)(C2)C3. The molecule has 0 aliphatic heterocycles. The minimum Gasteiger partial charge on any atom is -0.744 e. The Morgan fingerprint density at radius 2 is 0.766 bits per heavy atom. The van der Waals surface area contributed by atoms with Gasteiger partial charge >= 0.3 is 0 Å². The molecule has 4 atom stereocenters. The smallest absolute Gasteiger partial charge is 0.125 e. The van der Waals surface area contributed by atoms with Crippen LogP contribution >= 0.6 is 0 Å². The van der Waals surface area contributed by atoms with Gasteiger partial charge in [-0.15, -0.1) is 0 Å². The zero-order valence-electron chi connectivity index (χ0n) is 30.7. The Morgan fingerprint density at radius 1 is 0.468 bits per heavy atom. The van der Waals surface area contributed by atoms with Gasteiger partial charge in [0.2, 0.25) is 0 Å².